The topological polar surface area (TPSA) is 54.5 Å². The predicted molar refractivity (Wildman–Crippen MR) is 53.6 cm³/mol. The molecule has 0 radical (unpaired) electrons. The van der Waals surface area contributed by atoms with E-state index in [1.165, 1.54) is 6.26 Å². The lowest BCUT2D eigenvalue weighted by Gasteiger charge is -2.14. The van der Waals surface area contributed by atoms with E-state index in [-0.39, 0.29) is 16.5 Å². The Labute approximate surface area is 86.3 Å². The van der Waals surface area contributed by atoms with E-state index in [1.807, 2.05) is 0 Å². The average molecular weight is 270 g/mol. The minimum absolute atomic E-state index is 0.00338. The van der Waals surface area contributed by atoms with Gasteiger partial charge in [-0.1, -0.05) is 15.9 Å². The summed E-state index contributed by atoms with van der Waals surface area (Å²) in [7, 11) is -2.96. The molecule has 0 spiro atoms. The third-order valence-corrected chi connectivity index (χ3v) is 3.74. The van der Waals surface area contributed by atoms with Gasteiger partial charge in [0.2, 0.25) is 5.91 Å². The number of hydrogen-bond donors (Lipinski definition) is 0. The SMILES string of the molecule is CS(=O)(=O)CCN1CCC(Br)C1=O. The Morgan fingerprint density at radius 3 is 2.62 bits per heavy atom. The standard InChI is InChI=1S/C7H12BrNO3S/c1-13(11,12)5-4-9-3-2-6(8)7(9)10/h6H,2-5H2,1H3. The molecule has 0 aromatic heterocycles. The van der Waals surface area contributed by atoms with Gasteiger partial charge < -0.3 is 4.90 Å². The second kappa shape index (κ2) is 3.96. The summed E-state index contributed by atoms with van der Waals surface area (Å²) in [5, 5.41) is 0. The lowest BCUT2D eigenvalue weighted by Crippen LogP contribution is -2.32. The Kier molecular flexibility index (Phi) is 3.34. The Bertz CT molecular complexity index is 301. The van der Waals surface area contributed by atoms with E-state index >= 15 is 0 Å². The van der Waals surface area contributed by atoms with E-state index in [2.05, 4.69) is 15.9 Å². The van der Waals surface area contributed by atoms with Crippen molar-refractivity contribution >= 4 is 31.7 Å². The van der Waals surface area contributed by atoms with E-state index in [4.69, 9.17) is 0 Å². The van der Waals surface area contributed by atoms with Crippen molar-refractivity contribution in [3.05, 3.63) is 0 Å². The second-order valence-corrected chi connectivity index (χ2v) is 6.58. The van der Waals surface area contributed by atoms with Gasteiger partial charge in [0.15, 0.2) is 0 Å². The molecule has 0 aromatic rings. The molecule has 1 aliphatic heterocycles. The number of carbonyl (C=O) groups excluding carboxylic acids is 1. The molecule has 0 N–H and O–H groups in total. The number of amides is 1. The zero-order valence-corrected chi connectivity index (χ0v) is 9.77. The zero-order valence-electron chi connectivity index (χ0n) is 7.36. The summed E-state index contributed by atoms with van der Waals surface area (Å²) in [4.78, 5) is 12.8. The Balaban J connectivity index is 2.44. The summed E-state index contributed by atoms with van der Waals surface area (Å²) in [6, 6.07) is 0. The van der Waals surface area contributed by atoms with Gasteiger partial charge in [-0.2, -0.15) is 0 Å². The summed E-state index contributed by atoms with van der Waals surface area (Å²) in [5.41, 5.74) is 0. The van der Waals surface area contributed by atoms with Gasteiger partial charge in [0.1, 0.15) is 9.84 Å². The summed E-state index contributed by atoms with van der Waals surface area (Å²) in [5.74, 6) is 0.0574. The van der Waals surface area contributed by atoms with Gasteiger partial charge in [0.25, 0.3) is 0 Å². The van der Waals surface area contributed by atoms with Crippen LogP contribution in [0.2, 0.25) is 0 Å². The molecule has 0 saturated carbocycles. The van der Waals surface area contributed by atoms with E-state index in [0.717, 1.165) is 6.42 Å². The fraction of sp³-hybridized carbons (Fsp3) is 0.857. The second-order valence-electron chi connectivity index (χ2n) is 3.21. The highest BCUT2D eigenvalue weighted by atomic mass is 79.9. The van der Waals surface area contributed by atoms with Crippen LogP contribution in [-0.4, -0.2) is 49.2 Å². The van der Waals surface area contributed by atoms with Crippen molar-refractivity contribution in [2.75, 3.05) is 25.1 Å². The number of carbonyl (C=O) groups is 1. The predicted octanol–water partition coefficient (Wildman–Crippen LogP) is 0.0268. The van der Waals surface area contributed by atoms with Crippen molar-refractivity contribution in [2.45, 2.75) is 11.2 Å². The normalized spacial score (nSPS) is 24.0. The van der Waals surface area contributed by atoms with Crippen LogP contribution in [0.3, 0.4) is 0 Å². The number of sulfone groups is 1. The molecule has 0 bridgehead atoms. The number of hydrogen-bond acceptors (Lipinski definition) is 3. The molecule has 1 atom stereocenters. The summed E-state index contributed by atoms with van der Waals surface area (Å²) in [6.07, 6.45) is 1.95. The molecule has 1 saturated heterocycles. The molecule has 1 rings (SSSR count). The molecule has 0 aromatic carbocycles. The molecule has 76 valence electrons. The van der Waals surface area contributed by atoms with Crippen LogP contribution in [0.5, 0.6) is 0 Å². The summed E-state index contributed by atoms with van der Waals surface area (Å²) in [6.45, 7) is 0.976. The molecular formula is C7H12BrNO3S. The van der Waals surface area contributed by atoms with Crippen LogP contribution < -0.4 is 0 Å². The molecule has 1 unspecified atom stereocenters. The minimum Gasteiger partial charge on any atom is -0.341 e. The molecule has 4 nitrogen and oxygen atoms in total. The molecule has 1 amide bonds. The summed E-state index contributed by atoms with van der Waals surface area (Å²) < 4.78 is 21.7. The number of alkyl halides is 1. The van der Waals surface area contributed by atoms with Gasteiger partial charge in [0.05, 0.1) is 10.6 Å². The maximum Gasteiger partial charge on any atom is 0.236 e. The fourth-order valence-corrected chi connectivity index (χ4v) is 2.25. The van der Waals surface area contributed by atoms with E-state index < -0.39 is 9.84 Å². The van der Waals surface area contributed by atoms with Gasteiger partial charge in [-0.05, 0) is 6.42 Å². The van der Waals surface area contributed by atoms with Crippen LogP contribution in [0, 0.1) is 0 Å². The van der Waals surface area contributed by atoms with Crippen LogP contribution in [0.4, 0.5) is 0 Å². The van der Waals surface area contributed by atoms with Crippen LogP contribution in [-0.2, 0) is 14.6 Å². The van der Waals surface area contributed by atoms with Crippen LogP contribution in [0.25, 0.3) is 0 Å². The van der Waals surface area contributed by atoms with E-state index in [0.29, 0.717) is 13.1 Å². The molecule has 13 heavy (non-hydrogen) atoms. The largest absolute Gasteiger partial charge is 0.341 e. The number of likely N-dealkylation sites (tertiary alicyclic amines) is 1. The molecule has 1 heterocycles. The third kappa shape index (κ3) is 3.27. The van der Waals surface area contributed by atoms with Gasteiger partial charge in [-0.25, -0.2) is 8.42 Å². The Morgan fingerprint density at radius 2 is 2.23 bits per heavy atom. The zero-order chi connectivity index (χ0) is 10.1. The Morgan fingerprint density at radius 1 is 1.62 bits per heavy atom. The number of rotatable bonds is 3. The maximum atomic E-state index is 11.3. The van der Waals surface area contributed by atoms with Crippen molar-refractivity contribution in [1.82, 2.24) is 4.90 Å². The molecule has 1 fully saturated rings. The lowest BCUT2D eigenvalue weighted by molar-refractivity contribution is -0.126. The molecule has 1 aliphatic rings. The smallest absolute Gasteiger partial charge is 0.236 e. The first-order chi connectivity index (χ1) is 5.90. The highest BCUT2D eigenvalue weighted by Gasteiger charge is 2.29. The highest BCUT2D eigenvalue weighted by Crippen LogP contribution is 2.17. The third-order valence-electron chi connectivity index (χ3n) is 1.96. The molecular weight excluding hydrogens is 258 g/mol. The quantitative estimate of drug-likeness (QED) is 0.680. The van der Waals surface area contributed by atoms with Gasteiger partial charge in [-0.3, -0.25) is 4.79 Å². The summed E-state index contributed by atoms with van der Waals surface area (Å²) >= 11 is 3.22. The van der Waals surface area contributed by atoms with Crippen molar-refractivity contribution in [2.24, 2.45) is 0 Å². The van der Waals surface area contributed by atoms with Crippen molar-refractivity contribution < 1.29 is 13.2 Å². The molecule has 0 aliphatic carbocycles. The molecule has 6 heteroatoms. The van der Waals surface area contributed by atoms with Crippen LogP contribution in [0.15, 0.2) is 0 Å². The van der Waals surface area contributed by atoms with Gasteiger partial charge >= 0.3 is 0 Å². The highest BCUT2D eigenvalue weighted by molar-refractivity contribution is 9.10. The fourth-order valence-electron chi connectivity index (χ4n) is 1.20. The minimum atomic E-state index is -2.96. The Hall–Kier alpha value is -0.100. The van der Waals surface area contributed by atoms with E-state index in [1.54, 1.807) is 4.90 Å². The van der Waals surface area contributed by atoms with Crippen molar-refractivity contribution in [1.29, 1.82) is 0 Å². The number of nitrogens with zero attached hydrogens (tertiary/aromatic N) is 1. The lowest BCUT2D eigenvalue weighted by atomic mass is 10.4. The average Bonchev–Trinajstić information content (AvgIpc) is 2.29. The van der Waals surface area contributed by atoms with Crippen molar-refractivity contribution in [3.63, 3.8) is 0 Å². The van der Waals surface area contributed by atoms with E-state index in [9.17, 15) is 13.2 Å². The first-order valence-corrected chi connectivity index (χ1v) is 6.98. The van der Waals surface area contributed by atoms with Crippen LogP contribution >= 0.6 is 15.9 Å². The van der Waals surface area contributed by atoms with Gasteiger partial charge in [-0.15, -0.1) is 0 Å². The van der Waals surface area contributed by atoms with Crippen molar-refractivity contribution in [3.8, 4) is 0 Å². The first-order valence-electron chi connectivity index (χ1n) is 4.01. The number of halogens is 1. The van der Waals surface area contributed by atoms with Gasteiger partial charge in [0, 0.05) is 19.3 Å². The maximum absolute atomic E-state index is 11.3. The first kappa shape index (κ1) is 11.0. The van der Waals surface area contributed by atoms with Crippen LogP contribution in [0.1, 0.15) is 6.42 Å². The monoisotopic (exact) mass is 269 g/mol.